The molecule has 0 aromatic carbocycles. The minimum atomic E-state index is -1.14. The summed E-state index contributed by atoms with van der Waals surface area (Å²) in [5.41, 5.74) is -0.568. The zero-order chi connectivity index (χ0) is 11.4. The van der Waals surface area contributed by atoms with E-state index in [-0.39, 0.29) is 19.5 Å². The van der Waals surface area contributed by atoms with Crippen molar-refractivity contribution in [2.75, 3.05) is 7.11 Å². The molecule has 0 saturated carbocycles. The van der Waals surface area contributed by atoms with Crippen LogP contribution in [-0.2, 0) is 29.0 Å². The van der Waals surface area contributed by atoms with Crippen LogP contribution in [-0.4, -0.2) is 36.2 Å². The van der Waals surface area contributed by atoms with Crippen LogP contribution < -0.4 is 5.32 Å². The third-order valence-electron chi connectivity index (χ3n) is 1.29. The number of methoxy groups -OCH3 is 1. The predicted molar refractivity (Wildman–Crippen MR) is 51.5 cm³/mol. The zero-order valence-corrected chi connectivity index (χ0v) is 12.7. The van der Waals surface area contributed by atoms with E-state index in [9.17, 15) is 4.79 Å². The molecule has 0 saturated heterocycles. The predicted octanol–water partition coefficient (Wildman–Crippen LogP) is 0.676. The molecule has 86 valence electrons. The first kappa shape index (κ1) is 17.2. The van der Waals surface area contributed by atoms with Gasteiger partial charge in [0.2, 0.25) is 0 Å². The minimum Gasteiger partial charge on any atom is -0.444 e. The third-order valence-corrected chi connectivity index (χ3v) is 1.29. The molecule has 2 N–H and O–H groups in total. The van der Waals surface area contributed by atoms with Gasteiger partial charge in [-0.3, -0.25) is 0 Å². The van der Waals surface area contributed by atoms with Crippen LogP contribution in [0, 0.1) is 6.92 Å². The number of alkyl carbamates (subject to hydrolysis) is 1. The van der Waals surface area contributed by atoms with Crippen molar-refractivity contribution in [1.29, 1.82) is 0 Å². The van der Waals surface area contributed by atoms with Crippen LogP contribution in [0.15, 0.2) is 0 Å². The topological polar surface area (TPSA) is 67.8 Å². The summed E-state index contributed by atoms with van der Waals surface area (Å²) in [6.07, 6.45) is -1.77. The molecule has 1 amide bonds. The van der Waals surface area contributed by atoms with Crippen molar-refractivity contribution in [3.05, 3.63) is 6.92 Å². The van der Waals surface area contributed by atoms with E-state index in [1.54, 1.807) is 20.8 Å². The molecule has 0 heterocycles. The molecule has 0 spiro atoms. The third kappa shape index (κ3) is 8.78. The van der Waals surface area contributed by atoms with Crippen molar-refractivity contribution in [2.24, 2.45) is 0 Å². The van der Waals surface area contributed by atoms with Crippen molar-refractivity contribution in [3.8, 4) is 0 Å². The SMILES string of the molecule is [CH2-][C@@H](NC(=O)OC(C)(C)C)[C@@H](O)OC.[Zn]. The molecule has 0 aliphatic heterocycles. The summed E-state index contributed by atoms with van der Waals surface area (Å²) in [5.74, 6) is 0. The summed E-state index contributed by atoms with van der Waals surface area (Å²) in [4.78, 5) is 11.1. The molecule has 0 aliphatic carbocycles. The van der Waals surface area contributed by atoms with E-state index >= 15 is 0 Å². The Morgan fingerprint density at radius 2 is 1.93 bits per heavy atom. The summed E-state index contributed by atoms with van der Waals surface area (Å²) in [6.45, 7) is 8.73. The number of ether oxygens (including phenoxy) is 2. The van der Waals surface area contributed by atoms with E-state index < -0.39 is 24.0 Å². The molecule has 6 heteroatoms. The average molecular weight is 270 g/mol. The standard InChI is InChI=1S/C9H18NO4.Zn/c1-6(7(11)13-5)10-8(12)14-9(2,3)4;/h6-7,11H,1H2,2-5H3,(H,10,12);/q-1;/t6-,7+;/m1./s1. The Hall–Kier alpha value is -0.187. The van der Waals surface area contributed by atoms with Gasteiger partial charge in [-0.25, -0.2) is 4.79 Å². The molecule has 15 heavy (non-hydrogen) atoms. The first-order valence-corrected chi connectivity index (χ1v) is 4.29. The summed E-state index contributed by atoms with van der Waals surface area (Å²) >= 11 is 0. The van der Waals surface area contributed by atoms with Crippen LogP contribution in [0.4, 0.5) is 4.79 Å². The molecule has 0 fully saturated rings. The Balaban J connectivity index is 0. The van der Waals surface area contributed by atoms with Crippen molar-refractivity contribution in [3.63, 3.8) is 0 Å². The number of nitrogens with one attached hydrogen (secondary N) is 1. The molecule has 0 aliphatic rings. The normalized spacial score (nSPS) is 14.8. The molecule has 0 aromatic rings. The second-order valence-corrected chi connectivity index (χ2v) is 3.88. The first-order valence-electron chi connectivity index (χ1n) is 4.29. The number of carbonyl (C=O) groups excluding carboxylic acids is 1. The molecule has 0 unspecified atom stereocenters. The van der Waals surface area contributed by atoms with Crippen LogP contribution in [0.2, 0.25) is 0 Å². The summed E-state index contributed by atoms with van der Waals surface area (Å²) < 4.78 is 9.51. The average Bonchev–Trinajstić information content (AvgIpc) is 1.99. The Morgan fingerprint density at radius 1 is 1.47 bits per heavy atom. The number of aliphatic hydroxyl groups excluding tert-OH is 1. The van der Waals surface area contributed by atoms with Gasteiger partial charge in [-0.15, -0.1) is 0 Å². The van der Waals surface area contributed by atoms with Gasteiger partial charge < -0.3 is 26.8 Å². The summed E-state index contributed by atoms with van der Waals surface area (Å²) in [5, 5.41) is 11.5. The van der Waals surface area contributed by atoms with Gasteiger partial charge in [0.15, 0.2) is 0 Å². The van der Waals surface area contributed by atoms with E-state index in [1.807, 2.05) is 0 Å². The van der Waals surface area contributed by atoms with Crippen LogP contribution >= 0.6 is 0 Å². The molecule has 0 radical (unpaired) electrons. The van der Waals surface area contributed by atoms with Crippen molar-refractivity contribution in [2.45, 2.75) is 38.7 Å². The largest absolute Gasteiger partial charge is 0.444 e. The maximum absolute atomic E-state index is 11.1. The van der Waals surface area contributed by atoms with Crippen molar-refractivity contribution in [1.82, 2.24) is 5.32 Å². The van der Waals surface area contributed by atoms with Gasteiger partial charge in [0.05, 0.1) is 0 Å². The van der Waals surface area contributed by atoms with E-state index in [4.69, 9.17) is 9.84 Å². The number of aliphatic hydroxyl groups is 1. The van der Waals surface area contributed by atoms with Gasteiger partial charge in [0.1, 0.15) is 11.9 Å². The number of amides is 1. The van der Waals surface area contributed by atoms with Crippen LogP contribution in [0.3, 0.4) is 0 Å². The quantitative estimate of drug-likeness (QED) is 0.449. The van der Waals surface area contributed by atoms with Crippen LogP contribution in [0.25, 0.3) is 0 Å². The van der Waals surface area contributed by atoms with E-state index in [2.05, 4.69) is 17.0 Å². The van der Waals surface area contributed by atoms with Crippen LogP contribution in [0.5, 0.6) is 0 Å². The Bertz CT molecular complexity index is 193. The fourth-order valence-electron chi connectivity index (χ4n) is 0.694. The van der Waals surface area contributed by atoms with Gasteiger partial charge in [0, 0.05) is 26.6 Å². The minimum absolute atomic E-state index is 0. The summed E-state index contributed by atoms with van der Waals surface area (Å²) in [6, 6.07) is -0.755. The number of hydrogen-bond donors (Lipinski definition) is 2. The molecular formula is C9H18NO4Zn-. The van der Waals surface area contributed by atoms with Crippen molar-refractivity contribution < 1.29 is 38.9 Å². The van der Waals surface area contributed by atoms with Gasteiger partial charge >= 0.3 is 6.09 Å². The molecule has 5 nitrogen and oxygen atoms in total. The van der Waals surface area contributed by atoms with Gasteiger partial charge in [0.25, 0.3) is 0 Å². The van der Waals surface area contributed by atoms with E-state index in [0.717, 1.165) is 0 Å². The first-order chi connectivity index (χ1) is 6.26. The fourth-order valence-corrected chi connectivity index (χ4v) is 0.694. The Labute approximate surface area is 103 Å². The van der Waals surface area contributed by atoms with Crippen LogP contribution in [0.1, 0.15) is 20.8 Å². The second kappa shape index (κ2) is 7.15. The maximum Gasteiger partial charge on any atom is 0.405 e. The molecule has 2 atom stereocenters. The fraction of sp³-hybridized carbons (Fsp3) is 0.778. The number of carbonyl (C=O) groups is 1. The van der Waals surface area contributed by atoms with Crippen molar-refractivity contribution >= 4 is 6.09 Å². The van der Waals surface area contributed by atoms with Gasteiger partial charge in [-0.05, 0) is 26.8 Å². The Kier molecular flexibility index (Phi) is 8.20. The number of hydrogen-bond acceptors (Lipinski definition) is 4. The Morgan fingerprint density at radius 3 is 2.27 bits per heavy atom. The molecule has 0 rings (SSSR count). The van der Waals surface area contributed by atoms with Gasteiger partial charge in [-0.1, -0.05) is 0 Å². The van der Waals surface area contributed by atoms with Gasteiger partial charge in [-0.2, -0.15) is 0 Å². The molecule has 0 bridgehead atoms. The number of rotatable bonds is 3. The summed E-state index contributed by atoms with van der Waals surface area (Å²) in [7, 11) is 1.32. The molecular weight excluding hydrogens is 251 g/mol. The molecule has 0 aromatic heterocycles. The second-order valence-electron chi connectivity index (χ2n) is 3.88. The smallest absolute Gasteiger partial charge is 0.405 e. The maximum atomic E-state index is 11.1. The van der Waals surface area contributed by atoms with E-state index in [1.165, 1.54) is 7.11 Å². The zero-order valence-electron chi connectivity index (χ0n) is 9.74. The van der Waals surface area contributed by atoms with E-state index in [0.29, 0.717) is 0 Å². The monoisotopic (exact) mass is 268 g/mol.